The lowest BCUT2D eigenvalue weighted by molar-refractivity contribution is -0.124. The molecule has 0 bridgehead atoms. The van der Waals surface area contributed by atoms with Crippen LogP contribution in [0.25, 0.3) is 0 Å². The first kappa shape index (κ1) is 63.5. The molecular formula is C56H53Br3Cl6N8O6. The Labute approximate surface area is 513 Å². The van der Waals surface area contributed by atoms with Gasteiger partial charge in [0.25, 0.3) is 5.91 Å². The number of nitrogens with zero attached hydrogens (tertiary/aromatic N) is 3. The summed E-state index contributed by atoms with van der Waals surface area (Å²) in [5.74, 6) is -0.234. The molecule has 6 aromatic carbocycles. The van der Waals surface area contributed by atoms with E-state index in [4.69, 9.17) is 84.8 Å². The van der Waals surface area contributed by atoms with Crippen LogP contribution in [0.2, 0.25) is 30.1 Å². The average molecular weight is 1390 g/mol. The molecule has 416 valence electrons. The highest BCUT2D eigenvalue weighted by Gasteiger charge is 2.48. The van der Waals surface area contributed by atoms with Crippen molar-refractivity contribution in [1.29, 1.82) is 0 Å². The highest BCUT2D eigenvalue weighted by molar-refractivity contribution is 9.11. The summed E-state index contributed by atoms with van der Waals surface area (Å²) in [4.78, 5) is 57.5. The van der Waals surface area contributed by atoms with Crippen LogP contribution in [-0.2, 0) is 48.7 Å². The van der Waals surface area contributed by atoms with E-state index in [2.05, 4.69) is 74.0 Å². The number of ether oxygens (including phenoxy) is 2. The number of anilines is 4. The average Bonchev–Trinajstić information content (AvgIpc) is 3.97. The van der Waals surface area contributed by atoms with Crippen molar-refractivity contribution in [2.75, 3.05) is 36.3 Å². The standard InChI is InChI=1S/C21H24BrCl2N3O4.C19H14BrCl2N3O.C16H15BrCl2N2O/c1-21(11-13-4-6-14(22)7-5-13,27-20(29)25-12-18(30-2)31-3)19(28)26-17-9-15(23)8-16(24)10-17;1-19(11-12-2-4-13(20)5-3-12)17(26)25(18-23-6-7-24(18)19)16-9-14(21)8-15(22)10-16;1-16(20,9-10-2-4-11(17)5-3-10)15(22)21-14-7-12(18)6-13(19)8-14/h4-10,18H,11-12H2,1-3H3,(H,26,28)(H2,25,27,29);2-10H,11H2,1H3;2-8H,9,20H2,1H3,(H,21,22)/t21-;19-;16-/m111/s1. The number of hydrogen-bond donors (Lipinski definition) is 5. The van der Waals surface area contributed by atoms with Gasteiger partial charge in [-0.05, 0) is 135 Å². The minimum Gasteiger partial charge on any atom is -0.354 e. The molecule has 7 aromatic rings. The molecule has 0 unspecified atom stereocenters. The number of hydrogen-bond acceptors (Lipinski definition) is 8. The first-order valence-corrected chi connectivity index (χ1v) is 28.5. The van der Waals surface area contributed by atoms with E-state index in [1.165, 1.54) is 14.2 Å². The molecule has 0 saturated carbocycles. The molecule has 5 amide bonds. The Morgan fingerprint density at radius 3 is 1.52 bits per heavy atom. The van der Waals surface area contributed by atoms with Crippen molar-refractivity contribution in [2.24, 2.45) is 5.73 Å². The van der Waals surface area contributed by atoms with Crippen molar-refractivity contribution < 1.29 is 28.7 Å². The third-order valence-corrected chi connectivity index (χ3v) is 15.0. The monoisotopic (exact) mass is 1380 g/mol. The van der Waals surface area contributed by atoms with Crippen molar-refractivity contribution in [3.63, 3.8) is 0 Å². The second kappa shape index (κ2) is 28.3. The fraction of sp³-hybridized carbons (Fsp3) is 0.232. The zero-order chi connectivity index (χ0) is 57.8. The molecule has 0 saturated heterocycles. The van der Waals surface area contributed by atoms with E-state index in [-0.39, 0.29) is 24.8 Å². The lowest BCUT2D eigenvalue weighted by atomic mass is 9.91. The van der Waals surface area contributed by atoms with Crippen molar-refractivity contribution in [3.05, 3.63) is 200 Å². The van der Waals surface area contributed by atoms with Crippen LogP contribution in [0.15, 0.2) is 153 Å². The van der Waals surface area contributed by atoms with Gasteiger partial charge in [-0.1, -0.05) is 154 Å². The summed E-state index contributed by atoms with van der Waals surface area (Å²) in [6, 6.07) is 37.2. The van der Waals surface area contributed by atoms with Crippen LogP contribution in [0, 0.1) is 0 Å². The van der Waals surface area contributed by atoms with Gasteiger partial charge in [0.2, 0.25) is 17.8 Å². The molecule has 2 heterocycles. The zero-order valence-electron chi connectivity index (χ0n) is 43.0. The number of halogens is 9. The Morgan fingerprint density at radius 2 is 1.06 bits per heavy atom. The number of urea groups is 1. The van der Waals surface area contributed by atoms with E-state index in [9.17, 15) is 19.2 Å². The van der Waals surface area contributed by atoms with Crippen LogP contribution in [0.3, 0.4) is 0 Å². The maximum atomic E-state index is 13.4. The molecule has 1 aliphatic heterocycles. The predicted molar refractivity (Wildman–Crippen MR) is 329 cm³/mol. The molecular weight excluding hydrogens is 1330 g/mol. The molecule has 1 aromatic heterocycles. The number of carbonyl (C=O) groups excluding carboxylic acids is 4. The summed E-state index contributed by atoms with van der Waals surface area (Å²) in [7, 11) is 2.93. The van der Waals surface area contributed by atoms with Gasteiger partial charge in [0.15, 0.2) is 6.29 Å². The Bertz CT molecular complexity index is 3220. The first-order valence-electron chi connectivity index (χ1n) is 23.8. The number of methoxy groups -OCH3 is 2. The number of aromatic nitrogens is 2. The molecule has 0 fully saturated rings. The largest absolute Gasteiger partial charge is 0.354 e. The van der Waals surface area contributed by atoms with Gasteiger partial charge >= 0.3 is 6.03 Å². The van der Waals surface area contributed by atoms with E-state index in [1.807, 2.05) is 90.5 Å². The Hall–Kier alpha value is -4.73. The van der Waals surface area contributed by atoms with Crippen molar-refractivity contribution in [1.82, 2.24) is 20.2 Å². The van der Waals surface area contributed by atoms with E-state index in [1.54, 1.807) is 79.5 Å². The molecule has 0 radical (unpaired) electrons. The number of fused-ring (bicyclic) bond motifs is 1. The predicted octanol–water partition coefficient (Wildman–Crippen LogP) is 14.9. The van der Waals surface area contributed by atoms with Crippen LogP contribution < -0.4 is 31.9 Å². The Morgan fingerprint density at radius 1 is 0.646 bits per heavy atom. The summed E-state index contributed by atoms with van der Waals surface area (Å²) in [6.07, 6.45) is 4.13. The molecule has 1 aliphatic rings. The smallest absolute Gasteiger partial charge is 0.315 e. The Kier molecular flexibility index (Phi) is 22.7. The number of nitrogens with two attached hydrogens (primary N) is 1. The van der Waals surface area contributed by atoms with E-state index in [0.29, 0.717) is 66.0 Å². The molecule has 0 aliphatic carbocycles. The van der Waals surface area contributed by atoms with Gasteiger partial charge in [-0.3, -0.25) is 14.4 Å². The van der Waals surface area contributed by atoms with Crippen molar-refractivity contribution >= 4 is 164 Å². The van der Waals surface area contributed by atoms with Gasteiger partial charge in [0.05, 0.1) is 17.8 Å². The molecule has 6 N–H and O–H groups in total. The SMILES string of the molecule is COC(CNC(=O)N[C@](C)(Cc1ccc(Br)cc1)C(=O)Nc1cc(Cl)cc(Cl)c1)OC.C[C@@](N)(Cc1ccc(Br)cc1)C(=O)Nc1cc(Cl)cc(Cl)c1.C[C@@]1(Cc2ccc(Br)cc2)C(=O)N(c2cc(Cl)cc(Cl)c2)c2nccn21. The maximum absolute atomic E-state index is 13.4. The quantitative estimate of drug-likeness (QED) is 0.0593. The number of benzene rings is 6. The van der Waals surface area contributed by atoms with Crippen LogP contribution in [0.4, 0.5) is 27.8 Å². The first-order chi connectivity index (χ1) is 37.3. The third kappa shape index (κ3) is 17.9. The minimum atomic E-state index is -1.29. The number of amides is 5. The number of imidazole rings is 1. The normalized spacial score (nSPS) is 15.1. The molecule has 14 nitrogen and oxygen atoms in total. The number of nitrogens with one attached hydrogen (secondary N) is 4. The van der Waals surface area contributed by atoms with Crippen LogP contribution in [0.5, 0.6) is 0 Å². The zero-order valence-corrected chi connectivity index (χ0v) is 52.2. The summed E-state index contributed by atoms with van der Waals surface area (Å²) in [6.45, 7) is 5.37. The fourth-order valence-corrected chi connectivity index (χ4v) is 10.5. The van der Waals surface area contributed by atoms with Gasteiger partial charge in [-0.25, -0.2) is 14.7 Å². The topological polar surface area (TPSA) is 182 Å². The molecule has 3 atom stereocenters. The lowest BCUT2D eigenvalue weighted by Gasteiger charge is -2.30. The highest BCUT2D eigenvalue weighted by atomic mass is 79.9. The highest BCUT2D eigenvalue weighted by Crippen LogP contribution is 2.42. The second-order valence-corrected chi connectivity index (χ2v) is 24.1. The molecule has 8 rings (SSSR count). The Balaban J connectivity index is 0.000000194. The maximum Gasteiger partial charge on any atom is 0.315 e. The van der Waals surface area contributed by atoms with Crippen LogP contribution in [0.1, 0.15) is 37.5 Å². The minimum absolute atomic E-state index is 0.0677. The van der Waals surface area contributed by atoms with E-state index >= 15 is 0 Å². The summed E-state index contributed by atoms with van der Waals surface area (Å²) < 4.78 is 14.9. The van der Waals surface area contributed by atoms with Crippen molar-refractivity contribution in [2.45, 2.75) is 62.9 Å². The summed E-state index contributed by atoms with van der Waals surface area (Å²) in [5.41, 5.74) is 7.50. The molecule has 0 spiro atoms. The van der Waals surface area contributed by atoms with Gasteiger partial charge in [-0.2, -0.15) is 0 Å². The summed E-state index contributed by atoms with van der Waals surface area (Å²) in [5, 5.41) is 13.5. The third-order valence-electron chi connectivity index (χ3n) is 12.1. The van der Waals surface area contributed by atoms with Gasteiger partial charge in [-0.15, -0.1) is 0 Å². The number of carbonyl (C=O) groups is 4. The fourth-order valence-electron chi connectivity index (χ4n) is 8.17. The van der Waals surface area contributed by atoms with E-state index < -0.39 is 34.8 Å². The number of rotatable bonds is 16. The summed E-state index contributed by atoms with van der Waals surface area (Å²) >= 11 is 46.4. The van der Waals surface area contributed by atoms with Crippen LogP contribution in [-0.4, -0.2) is 71.4 Å². The van der Waals surface area contributed by atoms with Gasteiger partial charge < -0.3 is 41.0 Å². The van der Waals surface area contributed by atoms with Gasteiger partial charge in [0, 0.05) is 94.4 Å². The van der Waals surface area contributed by atoms with E-state index in [0.717, 1.165) is 30.1 Å². The van der Waals surface area contributed by atoms with Crippen LogP contribution >= 0.6 is 117 Å². The van der Waals surface area contributed by atoms with Gasteiger partial charge in [0.1, 0.15) is 11.1 Å². The lowest BCUT2D eigenvalue weighted by Crippen LogP contribution is -2.59. The molecule has 23 heteroatoms. The van der Waals surface area contributed by atoms with Crippen molar-refractivity contribution in [3.8, 4) is 0 Å². The molecule has 79 heavy (non-hydrogen) atoms. The second-order valence-electron chi connectivity index (χ2n) is 18.8.